The number of aromatic nitrogens is 1. The number of amides is 1. The lowest BCUT2D eigenvalue weighted by atomic mass is 10.1. The number of pyridine rings is 1. The van der Waals surface area contributed by atoms with E-state index >= 15 is 0 Å². The predicted octanol–water partition coefficient (Wildman–Crippen LogP) is 4.97. The van der Waals surface area contributed by atoms with Gasteiger partial charge in [0, 0.05) is 11.9 Å². The van der Waals surface area contributed by atoms with Crippen LogP contribution < -0.4 is 10.6 Å². The highest BCUT2D eigenvalue weighted by atomic mass is 19.1. The van der Waals surface area contributed by atoms with Crippen LogP contribution in [-0.2, 0) is 0 Å². The van der Waals surface area contributed by atoms with Crippen molar-refractivity contribution in [3.05, 3.63) is 83.1 Å². The normalized spacial score (nSPS) is 10.5. The fourth-order valence-corrected chi connectivity index (χ4v) is 2.37. The van der Waals surface area contributed by atoms with Gasteiger partial charge < -0.3 is 10.6 Å². The molecule has 0 saturated heterocycles. The van der Waals surface area contributed by atoms with Gasteiger partial charge in [0.2, 0.25) is 0 Å². The SMILES string of the molecule is Cc1ccc(NC(=O)c2ccc(Nc3c(F)cccc3F)nc2)cc1C. The first-order valence-corrected chi connectivity index (χ1v) is 8.00. The molecule has 4 nitrogen and oxygen atoms in total. The highest BCUT2D eigenvalue weighted by Gasteiger charge is 2.11. The molecule has 0 aliphatic heterocycles. The lowest BCUT2D eigenvalue weighted by molar-refractivity contribution is 0.102. The van der Waals surface area contributed by atoms with Crippen molar-refractivity contribution in [3.63, 3.8) is 0 Å². The van der Waals surface area contributed by atoms with Crippen molar-refractivity contribution < 1.29 is 13.6 Å². The molecule has 0 bridgehead atoms. The fraction of sp³-hybridized carbons (Fsp3) is 0.100. The Labute approximate surface area is 149 Å². The summed E-state index contributed by atoms with van der Waals surface area (Å²) in [5.74, 6) is -1.52. The molecule has 0 atom stereocenters. The van der Waals surface area contributed by atoms with Gasteiger partial charge in [0.25, 0.3) is 5.91 Å². The van der Waals surface area contributed by atoms with E-state index in [2.05, 4.69) is 15.6 Å². The van der Waals surface area contributed by atoms with E-state index in [-0.39, 0.29) is 17.4 Å². The van der Waals surface area contributed by atoms with Gasteiger partial charge in [-0.3, -0.25) is 4.79 Å². The number of para-hydroxylation sites is 1. The average molecular weight is 353 g/mol. The smallest absolute Gasteiger partial charge is 0.257 e. The van der Waals surface area contributed by atoms with Gasteiger partial charge in [-0.05, 0) is 61.4 Å². The van der Waals surface area contributed by atoms with Crippen LogP contribution in [0.4, 0.5) is 26.0 Å². The molecule has 0 saturated carbocycles. The first-order valence-electron chi connectivity index (χ1n) is 8.00. The van der Waals surface area contributed by atoms with Crippen LogP contribution in [-0.4, -0.2) is 10.9 Å². The van der Waals surface area contributed by atoms with Crippen molar-refractivity contribution >= 4 is 23.1 Å². The molecular formula is C20H17F2N3O. The summed E-state index contributed by atoms with van der Waals surface area (Å²) in [6.45, 7) is 3.96. The van der Waals surface area contributed by atoms with E-state index in [4.69, 9.17) is 0 Å². The van der Waals surface area contributed by atoms with Crippen LogP contribution >= 0.6 is 0 Å². The first-order chi connectivity index (χ1) is 12.4. The molecule has 2 N–H and O–H groups in total. The Morgan fingerprint density at radius 2 is 1.69 bits per heavy atom. The van der Waals surface area contributed by atoms with Crippen LogP contribution in [0.1, 0.15) is 21.5 Å². The number of hydrogen-bond donors (Lipinski definition) is 2. The number of halogens is 2. The Hall–Kier alpha value is -3.28. The minimum atomic E-state index is -0.719. The monoisotopic (exact) mass is 353 g/mol. The summed E-state index contributed by atoms with van der Waals surface area (Å²) in [5, 5.41) is 5.37. The largest absolute Gasteiger partial charge is 0.335 e. The second-order valence-electron chi connectivity index (χ2n) is 5.91. The van der Waals surface area contributed by atoms with Crippen LogP contribution in [0, 0.1) is 25.5 Å². The third-order valence-corrected chi connectivity index (χ3v) is 4.01. The highest BCUT2D eigenvalue weighted by molar-refractivity contribution is 6.04. The molecule has 6 heteroatoms. The second-order valence-corrected chi connectivity index (χ2v) is 5.91. The van der Waals surface area contributed by atoms with Crippen molar-refractivity contribution in [1.82, 2.24) is 4.98 Å². The van der Waals surface area contributed by atoms with Crippen LogP contribution in [0.15, 0.2) is 54.7 Å². The van der Waals surface area contributed by atoms with Crippen molar-refractivity contribution in [2.75, 3.05) is 10.6 Å². The van der Waals surface area contributed by atoms with Crippen LogP contribution in [0.2, 0.25) is 0 Å². The molecule has 0 radical (unpaired) electrons. The van der Waals surface area contributed by atoms with Crippen LogP contribution in [0.5, 0.6) is 0 Å². The van der Waals surface area contributed by atoms with Gasteiger partial charge in [0.05, 0.1) is 5.56 Å². The number of nitrogens with zero attached hydrogens (tertiary/aromatic N) is 1. The number of anilines is 3. The number of benzene rings is 2. The second kappa shape index (κ2) is 7.31. The zero-order chi connectivity index (χ0) is 18.7. The molecule has 0 aliphatic rings. The summed E-state index contributed by atoms with van der Waals surface area (Å²) in [7, 11) is 0. The summed E-state index contributed by atoms with van der Waals surface area (Å²) in [6, 6.07) is 12.2. The summed E-state index contributed by atoms with van der Waals surface area (Å²) in [5.41, 5.74) is 2.96. The van der Waals surface area contributed by atoms with Gasteiger partial charge in [-0.15, -0.1) is 0 Å². The third-order valence-electron chi connectivity index (χ3n) is 4.01. The van der Waals surface area contributed by atoms with Crippen LogP contribution in [0.25, 0.3) is 0 Å². The maximum Gasteiger partial charge on any atom is 0.257 e. The maximum absolute atomic E-state index is 13.7. The molecule has 1 amide bonds. The average Bonchev–Trinajstić information content (AvgIpc) is 2.62. The van der Waals surface area contributed by atoms with Crippen LogP contribution in [0.3, 0.4) is 0 Å². The lowest BCUT2D eigenvalue weighted by Crippen LogP contribution is -2.12. The number of aryl methyl sites for hydroxylation is 2. The molecule has 1 heterocycles. The number of carbonyl (C=O) groups is 1. The number of hydrogen-bond acceptors (Lipinski definition) is 3. The Kier molecular flexibility index (Phi) is 4.93. The molecule has 2 aromatic carbocycles. The summed E-state index contributed by atoms with van der Waals surface area (Å²) < 4.78 is 27.3. The Morgan fingerprint density at radius 3 is 2.31 bits per heavy atom. The van der Waals surface area contributed by atoms with E-state index in [1.54, 1.807) is 0 Å². The quantitative estimate of drug-likeness (QED) is 0.696. The predicted molar refractivity (Wildman–Crippen MR) is 97.7 cm³/mol. The standard InChI is InChI=1S/C20H17F2N3O/c1-12-6-8-15(10-13(12)2)24-20(26)14-7-9-18(23-11-14)25-19-16(21)4-3-5-17(19)22/h3-11H,1-2H3,(H,23,25)(H,24,26). The van der Waals surface area contributed by atoms with Gasteiger partial charge >= 0.3 is 0 Å². The minimum Gasteiger partial charge on any atom is -0.335 e. The van der Waals surface area contributed by atoms with Gasteiger partial charge in [-0.25, -0.2) is 13.8 Å². The molecule has 1 aromatic heterocycles. The maximum atomic E-state index is 13.7. The minimum absolute atomic E-state index is 0.233. The topological polar surface area (TPSA) is 54.0 Å². The Morgan fingerprint density at radius 1 is 0.962 bits per heavy atom. The molecule has 0 spiro atoms. The number of rotatable bonds is 4. The molecule has 0 fully saturated rings. The molecule has 26 heavy (non-hydrogen) atoms. The molecule has 0 unspecified atom stereocenters. The van der Waals surface area contributed by atoms with Gasteiger partial charge in [0.1, 0.15) is 23.1 Å². The number of carbonyl (C=O) groups excluding carboxylic acids is 1. The van der Waals surface area contributed by atoms with E-state index in [0.717, 1.165) is 23.3 Å². The summed E-state index contributed by atoms with van der Waals surface area (Å²) in [4.78, 5) is 16.3. The first kappa shape index (κ1) is 17.5. The van der Waals surface area contributed by atoms with E-state index < -0.39 is 11.6 Å². The van der Waals surface area contributed by atoms with Crippen molar-refractivity contribution in [2.24, 2.45) is 0 Å². The van der Waals surface area contributed by atoms with Crippen molar-refractivity contribution in [3.8, 4) is 0 Å². The summed E-state index contributed by atoms with van der Waals surface area (Å²) >= 11 is 0. The van der Waals surface area contributed by atoms with Gasteiger partial charge in [-0.1, -0.05) is 12.1 Å². The lowest BCUT2D eigenvalue weighted by Gasteiger charge is -2.10. The zero-order valence-corrected chi connectivity index (χ0v) is 14.3. The number of nitrogens with one attached hydrogen (secondary N) is 2. The molecule has 0 aliphatic carbocycles. The summed E-state index contributed by atoms with van der Waals surface area (Å²) in [6.07, 6.45) is 1.34. The van der Waals surface area contributed by atoms with Gasteiger partial charge in [-0.2, -0.15) is 0 Å². The molecule has 132 valence electrons. The zero-order valence-electron chi connectivity index (χ0n) is 14.3. The van der Waals surface area contributed by atoms with E-state index in [1.807, 2.05) is 32.0 Å². The molecule has 3 aromatic rings. The Balaban J connectivity index is 1.72. The highest BCUT2D eigenvalue weighted by Crippen LogP contribution is 2.22. The van der Waals surface area contributed by atoms with E-state index in [9.17, 15) is 13.6 Å². The molecule has 3 rings (SSSR count). The van der Waals surface area contributed by atoms with Crippen molar-refractivity contribution in [2.45, 2.75) is 13.8 Å². The molecular weight excluding hydrogens is 336 g/mol. The Bertz CT molecular complexity index is 936. The van der Waals surface area contributed by atoms with E-state index in [0.29, 0.717) is 11.3 Å². The fourth-order valence-electron chi connectivity index (χ4n) is 2.37. The third kappa shape index (κ3) is 3.85. The van der Waals surface area contributed by atoms with E-state index in [1.165, 1.54) is 24.4 Å². The van der Waals surface area contributed by atoms with Crippen molar-refractivity contribution in [1.29, 1.82) is 0 Å². The van der Waals surface area contributed by atoms with Gasteiger partial charge in [0.15, 0.2) is 0 Å².